The first-order valence-electron chi connectivity index (χ1n) is 8.67. The smallest absolute Gasteiger partial charge is 0.243 e. The van der Waals surface area contributed by atoms with Crippen molar-refractivity contribution in [2.45, 2.75) is 20.3 Å². The highest BCUT2D eigenvalue weighted by Gasteiger charge is 2.08. The van der Waals surface area contributed by atoms with Crippen LogP contribution in [-0.2, 0) is 16.0 Å². The molecular formula is C20H24ClN3O2. The van der Waals surface area contributed by atoms with Gasteiger partial charge in [0.25, 0.3) is 0 Å². The third-order valence-electron chi connectivity index (χ3n) is 4.00. The molecule has 0 aliphatic carbocycles. The highest BCUT2D eigenvalue weighted by molar-refractivity contribution is 6.30. The Balaban J connectivity index is 1.79. The number of hydrogen-bond acceptors (Lipinski definition) is 3. The summed E-state index contributed by atoms with van der Waals surface area (Å²) in [7, 11) is 0. The van der Waals surface area contributed by atoms with Gasteiger partial charge in [-0.2, -0.15) is 0 Å². The van der Waals surface area contributed by atoms with Crippen LogP contribution in [0.4, 0.5) is 11.4 Å². The Hall–Kier alpha value is -2.53. The van der Waals surface area contributed by atoms with Crippen molar-refractivity contribution in [2.75, 3.05) is 29.9 Å². The van der Waals surface area contributed by atoms with Gasteiger partial charge in [0, 0.05) is 29.5 Å². The second-order valence-corrected chi connectivity index (χ2v) is 6.28. The third kappa shape index (κ3) is 6.08. The third-order valence-corrected chi connectivity index (χ3v) is 4.26. The Morgan fingerprint density at radius 1 is 0.923 bits per heavy atom. The topological polar surface area (TPSA) is 61.4 Å². The summed E-state index contributed by atoms with van der Waals surface area (Å²) in [4.78, 5) is 26.1. The SMILES string of the molecule is CCN(CC)c1ccc(NC(=O)CNC(=O)Cc2ccc(Cl)cc2)cc1. The minimum absolute atomic E-state index is 0.0653. The number of halogens is 1. The number of nitrogens with zero attached hydrogens (tertiary/aromatic N) is 1. The average molecular weight is 374 g/mol. The van der Waals surface area contributed by atoms with Crippen LogP contribution in [-0.4, -0.2) is 31.4 Å². The molecule has 6 heteroatoms. The molecule has 0 aromatic heterocycles. The van der Waals surface area contributed by atoms with E-state index in [0.717, 1.165) is 24.3 Å². The number of carbonyl (C=O) groups is 2. The van der Waals surface area contributed by atoms with Crippen molar-refractivity contribution in [3.05, 3.63) is 59.1 Å². The van der Waals surface area contributed by atoms with Crippen molar-refractivity contribution in [2.24, 2.45) is 0 Å². The molecule has 0 atom stereocenters. The Bertz CT molecular complexity index is 726. The molecule has 0 bridgehead atoms. The van der Waals surface area contributed by atoms with E-state index in [4.69, 9.17) is 11.6 Å². The molecule has 0 spiro atoms. The van der Waals surface area contributed by atoms with Crippen molar-refractivity contribution < 1.29 is 9.59 Å². The normalized spacial score (nSPS) is 10.3. The molecule has 2 aromatic rings. The lowest BCUT2D eigenvalue weighted by molar-refractivity contribution is -0.123. The number of benzene rings is 2. The monoisotopic (exact) mass is 373 g/mol. The molecule has 2 amide bonds. The molecule has 2 N–H and O–H groups in total. The van der Waals surface area contributed by atoms with E-state index < -0.39 is 0 Å². The summed E-state index contributed by atoms with van der Waals surface area (Å²) in [5.41, 5.74) is 2.67. The molecule has 26 heavy (non-hydrogen) atoms. The zero-order valence-corrected chi connectivity index (χ0v) is 15.8. The largest absolute Gasteiger partial charge is 0.372 e. The van der Waals surface area contributed by atoms with Gasteiger partial charge in [-0.1, -0.05) is 23.7 Å². The minimum atomic E-state index is -0.259. The van der Waals surface area contributed by atoms with Gasteiger partial charge in [0.1, 0.15) is 0 Å². The molecule has 0 saturated carbocycles. The van der Waals surface area contributed by atoms with E-state index in [1.54, 1.807) is 24.3 Å². The Morgan fingerprint density at radius 2 is 1.54 bits per heavy atom. The van der Waals surface area contributed by atoms with Crippen molar-refractivity contribution >= 4 is 34.8 Å². The first-order valence-corrected chi connectivity index (χ1v) is 9.05. The van der Waals surface area contributed by atoms with Crippen LogP contribution in [0.2, 0.25) is 5.02 Å². The molecule has 138 valence electrons. The van der Waals surface area contributed by atoms with Gasteiger partial charge in [0.05, 0.1) is 13.0 Å². The average Bonchev–Trinajstić information content (AvgIpc) is 2.64. The lowest BCUT2D eigenvalue weighted by Gasteiger charge is -2.21. The maximum Gasteiger partial charge on any atom is 0.243 e. The summed E-state index contributed by atoms with van der Waals surface area (Å²) < 4.78 is 0. The number of carbonyl (C=O) groups excluding carboxylic acids is 2. The summed E-state index contributed by atoms with van der Waals surface area (Å²) in [6, 6.07) is 14.7. The zero-order chi connectivity index (χ0) is 18.9. The Labute approximate surface area is 159 Å². The van der Waals surface area contributed by atoms with Crippen LogP contribution in [0, 0.1) is 0 Å². The highest BCUT2D eigenvalue weighted by Crippen LogP contribution is 2.17. The predicted molar refractivity (Wildman–Crippen MR) is 107 cm³/mol. The molecule has 0 saturated heterocycles. The zero-order valence-electron chi connectivity index (χ0n) is 15.1. The van der Waals surface area contributed by atoms with Gasteiger partial charge in [-0.15, -0.1) is 0 Å². The van der Waals surface area contributed by atoms with Gasteiger partial charge in [-0.3, -0.25) is 9.59 Å². The molecule has 0 fully saturated rings. The second kappa shape index (κ2) is 9.82. The summed E-state index contributed by atoms with van der Waals surface area (Å²) in [5.74, 6) is -0.468. The maximum absolute atomic E-state index is 12.0. The van der Waals surface area contributed by atoms with Crippen LogP contribution in [0.3, 0.4) is 0 Å². The van der Waals surface area contributed by atoms with E-state index in [2.05, 4.69) is 29.4 Å². The Morgan fingerprint density at radius 3 is 2.12 bits per heavy atom. The molecule has 0 radical (unpaired) electrons. The van der Waals surface area contributed by atoms with E-state index in [-0.39, 0.29) is 24.8 Å². The lowest BCUT2D eigenvalue weighted by atomic mass is 10.1. The molecule has 0 unspecified atom stereocenters. The number of amides is 2. The molecular weight excluding hydrogens is 350 g/mol. The van der Waals surface area contributed by atoms with E-state index in [0.29, 0.717) is 10.7 Å². The van der Waals surface area contributed by atoms with Crippen LogP contribution in [0.5, 0.6) is 0 Å². The molecule has 5 nitrogen and oxygen atoms in total. The summed E-state index contributed by atoms with van der Waals surface area (Å²) in [6.45, 7) is 6.01. The van der Waals surface area contributed by atoms with Crippen LogP contribution in [0.15, 0.2) is 48.5 Å². The molecule has 0 aliphatic heterocycles. The van der Waals surface area contributed by atoms with Gasteiger partial charge >= 0.3 is 0 Å². The quantitative estimate of drug-likeness (QED) is 0.744. The fraction of sp³-hybridized carbons (Fsp3) is 0.300. The molecule has 2 aromatic carbocycles. The van der Waals surface area contributed by atoms with Crippen molar-refractivity contribution in [1.82, 2.24) is 5.32 Å². The molecule has 0 aliphatic rings. The molecule has 0 heterocycles. The first kappa shape index (κ1) is 19.8. The number of nitrogens with one attached hydrogen (secondary N) is 2. The van der Waals surface area contributed by atoms with Crippen molar-refractivity contribution in [1.29, 1.82) is 0 Å². The minimum Gasteiger partial charge on any atom is -0.372 e. The fourth-order valence-corrected chi connectivity index (χ4v) is 2.70. The standard InChI is InChI=1S/C20H24ClN3O2/c1-3-24(4-2)18-11-9-17(10-12-18)23-20(26)14-22-19(25)13-15-5-7-16(21)8-6-15/h5-12H,3-4,13-14H2,1-2H3,(H,22,25)(H,23,26). The van der Waals surface area contributed by atoms with Gasteiger partial charge in [-0.05, 0) is 55.8 Å². The van der Waals surface area contributed by atoms with Gasteiger partial charge in [0.15, 0.2) is 0 Å². The number of rotatable bonds is 8. The predicted octanol–water partition coefficient (Wildman–Crippen LogP) is 3.48. The van der Waals surface area contributed by atoms with Crippen molar-refractivity contribution in [3.63, 3.8) is 0 Å². The Kier molecular flexibility index (Phi) is 7.48. The van der Waals surface area contributed by atoms with Gasteiger partial charge < -0.3 is 15.5 Å². The number of hydrogen-bond donors (Lipinski definition) is 2. The lowest BCUT2D eigenvalue weighted by Crippen LogP contribution is -2.33. The van der Waals surface area contributed by atoms with E-state index >= 15 is 0 Å². The molecule has 2 rings (SSSR count). The van der Waals surface area contributed by atoms with Crippen LogP contribution >= 0.6 is 11.6 Å². The second-order valence-electron chi connectivity index (χ2n) is 5.85. The summed E-state index contributed by atoms with van der Waals surface area (Å²) in [5, 5.41) is 6.03. The highest BCUT2D eigenvalue weighted by atomic mass is 35.5. The van der Waals surface area contributed by atoms with E-state index in [1.165, 1.54) is 0 Å². The summed E-state index contributed by atoms with van der Waals surface area (Å²) in [6.07, 6.45) is 0.211. The van der Waals surface area contributed by atoms with Gasteiger partial charge in [0.2, 0.25) is 11.8 Å². The first-order chi connectivity index (χ1) is 12.5. The van der Waals surface area contributed by atoms with Crippen LogP contribution in [0.25, 0.3) is 0 Å². The maximum atomic E-state index is 12.0. The fourth-order valence-electron chi connectivity index (χ4n) is 2.58. The number of anilines is 2. The summed E-state index contributed by atoms with van der Waals surface area (Å²) >= 11 is 5.82. The van der Waals surface area contributed by atoms with E-state index in [1.807, 2.05) is 24.3 Å². The van der Waals surface area contributed by atoms with E-state index in [9.17, 15) is 9.59 Å². The van der Waals surface area contributed by atoms with Gasteiger partial charge in [-0.25, -0.2) is 0 Å². The van der Waals surface area contributed by atoms with Crippen LogP contribution in [0.1, 0.15) is 19.4 Å². The van der Waals surface area contributed by atoms with Crippen molar-refractivity contribution in [3.8, 4) is 0 Å². The van der Waals surface area contributed by atoms with Crippen LogP contribution < -0.4 is 15.5 Å².